The Morgan fingerprint density at radius 3 is 2.24 bits per heavy atom. The molecule has 0 saturated carbocycles. The van der Waals surface area contributed by atoms with Crippen molar-refractivity contribution in [2.75, 3.05) is 13.0 Å². The third kappa shape index (κ3) is 5.49. The van der Waals surface area contributed by atoms with Crippen molar-refractivity contribution < 1.29 is 28.9 Å². The van der Waals surface area contributed by atoms with Crippen molar-refractivity contribution in [2.45, 2.75) is 27.2 Å². The molecule has 136 valence electrons. The maximum Gasteiger partial charge on any atom is 0.362 e. The Hall–Kier alpha value is -2.01. The van der Waals surface area contributed by atoms with Crippen LogP contribution in [0.5, 0.6) is 17.2 Å². The molecule has 3 N–H and O–H groups in total. The Morgan fingerprint density at radius 2 is 1.68 bits per heavy atom. The molecule has 0 aliphatic heterocycles. The van der Waals surface area contributed by atoms with Crippen LogP contribution in [0.2, 0.25) is 0 Å². The van der Waals surface area contributed by atoms with Crippen LogP contribution in [0.25, 0.3) is 0 Å². The van der Waals surface area contributed by atoms with Crippen molar-refractivity contribution in [1.29, 1.82) is 0 Å². The predicted octanol–water partition coefficient (Wildman–Crippen LogP) is 3.51. The van der Waals surface area contributed by atoms with Gasteiger partial charge in [-0.1, -0.05) is 6.07 Å². The molecular weight excluding hydrogens is 343 g/mol. The maximum absolute atomic E-state index is 10.9. The van der Waals surface area contributed by atoms with Crippen molar-refractivity contribution in [2.24, 2.45) is 0 Å². The van der Waals surface area contributed by atoms with Crippen molar-refractivity contribution in [1.82, 2.24) is 0 Å². The molecule has 0 aliphatic carbocycles. The minimum absolute atomic E-state index is 0.111. The molecule has 0 fully saturated rings. The smallest absolute Gasteiger partial charge is 0.362 e. The van der Waals surface area contributed by atoms with Gasteiger partial charge in [0.2, 0.25) is 0 Å². The molecule has 0 saturated heterocycles. The lowest BCUT2D eigenvalue weighted by Gasteiger charge is -2.15. The molecular formula is C18H23O6P. The molecule has 0 aliphatic rings. The van der Waals surface area contributed by atoms with E-state index in [0.717, 1.165) is 22.3 Å². The molecule has 0 radical (unpaired) electrons. The average molecular weight is 366 g/mol. The van der Waals surface area contributed by atoms with Crippen LogP contribution in [0.3, 0.4) is 0 Å². The Kier molecular flexibility index (Phi) is 6.11. The lowest BCUT2D eigenvalue weighted by atomic mass is 9.95. The zero-order valence-electron chi connectivity index (χ0n) is 14.5. The van der Waals surface area contributed by atoms with Gasteiger partial charge in [0, 0.05) is 0 Å². The number of hydrogen-bond donors (Lipinski definition) is 3. The van der Waals surface area contributed by atoms with Crippen LogP contribution >= 0.6 is 7.60 Å². The minimum atomic E-state index is -4.20. The fraction of sp³-hybridized carbons (Fsp3) is 0.333. The SMILES string of the molecule is CCOc1cc(Cc2c(C)cc(OCP(=O)(O)O)cc2C)ccc1O. The lowest BCUT2D eigenvalue weighted by Crippen LogP contribution is -2.02. The molecule has 0 unspecified atom stereocenters. The Bertz CT molecular complexity index is 773. The summed E-state index contributed by atoms with van der Waals surface area (Å²) < 4.78 is 21.5. The number of phenols is 1. The van der Waals surface area contributed by atoms with Gasteiger partial charge in [-0.3, -0.25) is 4.57 Å². The van der Waals surface area contributed by atoms with Crippen LogP contribution in [0, 0.1) is 13.8 Å². The minimum Gasteiger partial charge on any atom is -0.504 e. The van der Waals surface area contributed by atoms with Crippen LogP contribution in [0.1, 0.15) is 29.2 Å². The summed E-state index contributed by atoms with van der Waals surface area (Å²) in [7, 11) is -4.20. The number of aryl methyl sites for hydroxylation is 2. The highest BCUT2D eigenvalue weighted by Gasteiger charge is 2.15. The van der Waals surface area contributed by atoms with Crippen LogP contribution in [0.4, 0.5) is 0 Å². The van der Waals surface area contributed by atoms with Gasteiger partial charge in [-0.15, -0.1) is 0 Å². The highest BCUT2D eigenvalue weighted by atomic mass is 31.2. The Balaban J connectivity index is 2.23. The van der Waals surface area contributed by atoms with Crippen molar-refractivity contribution in [3.8, 4) is 17.2 Å². The van der Waals surface area contributed by atoms with E-state index in [1.165, 1.54) is 0 Å². The second-order valence-electron chi connectivity index (χ2n) is 5.89. The molecule has 2 aromatic carbocycles. The molecule has 0 amide bonds. The molecule has 0 aromatic heterocycles. The fourth-order valence-corrected chi connectivity index (χ4v) is 2.94. The van der Waals surface area contributed by atoms with E-state index in [0.29, 0.717) is 24.5 Å². The average Bonchev–Trinajstić information content (AvgIpc) is 2.51. The summed E-state index contributed by atoms with van der Waals surface area (Å²) in [6.45, 7) is 6.19. The number of hydrogen-bond acceptors (Lipinski definition) is 4. The Morgan fingerprint density at radius 1 is 1.04 bits per heavy atom. The first-order chi connectivity index (χ1) is 11.7. The zero-order chi connectivity index (χ0) is 18.6. The van der Waals surface area contributed by atoms with E-state index in [4.69, 9.17) is 19.3 Å². The predicted molar refractivity (Wildman–Crippen MR) is 95.5 cm³/mol. The van der Waals surface area contributed by atoms with Gasteiger partial charge in [0.15, 0.2) is 17.8 Å². The van der Waals surface area contributed by atoms with Gasteiger partial charge in [-0.25, -0.2) is 0 Å². The molecule has 0 spiro atoms. The van der Waals surface area contributed by atoms with Gasteiger partial charge < -0.3 is 24.4 Å². The quantitative estimate of drug-likeness (QED) is 0.649. The lowest BCUT2D eigenvalue weighted by molar-refractivity contribution is 0.300. The molecule has 2 aromatic rings. The van der Waals surface area contributed by atoms with Gasteiger partial charge in [0.25, 0.3) is 0 Å². The van der Waals surface area contributed by atoms with E-state index in [-0.39, 0.29) is 5.75 Å². The van der Waals surface area contributed by atoms with Crippen LogP contribution in [-0.2, 0) is 11.0 Å². The van der Waals surface area contributed by atoms with Crippen molar-refractivity contribution in [3.63, 3.8) is 0 Å². The van der Waals surface area contributed by atoms with E-state index in [2.05, 4.69) is 0 Å². The summed E-state index contributed by atoms with van der Waals surface area (Å²) in [5.74, 6) is 1.000. The largest absolute Gasteiger partial charge is 0.504 e. The molecule has 0 bridgehead atoms. The molecule has 0 atom stereocenters. The Labute approximate surface area is 147 Å². The fourth-order valence-electron chi connectivity index (χ4n) is 2.62. The number of benzene rings is 2. The van der Waals surface area contributed by atoms with Crippen LogP contribution < -0.4 is 9.47 Å². The van der Waals surface area contributed by atoms with Crippen LogP contribution in [0.15, 0.2) is 30.3 Å². The number of aromatic hydroxyl groups is 1. The van der Waals surface area contributed by atoms with E-state index in [9.17, 15) is 9.67 Å². The zero-order valence-corrected chi connectivity index (χ0v) is 15.4. The van der Waals surface area contributed by atoms with Gasteiger partial charge in [-0.2, -0.15) is 0 Å². The van der Waals surface area contributed by atoms with Gasteiger partial charge >= 0.3 is 7.60 Å². The first-order valence-electron chi connectivity index (χ1n) is 7.91. The van der Waals surface area contributed by atoms with E-state index >= 15 is 0 Å². The van der Waals surface area contributed by atoms with Crippen molar-refractivity contribution >= 4 is 7.60 Å². The van der Waals surface area contributed by atoms with Crippen molar-refractivity contribution in [3.05, 3.63) is 52.6 Å². The third-order valence-electron chi connectivity index (χ3n) is 3.77. The summed E-state index contributed by atoms with van der Waals surface area (Å²) in [6, 6.07) is 8.80. The summed E-state index contributed by atoms with van der Waals surface area (Å²) >= 11 is 0. The highest BCUT2D eigenvalue weighted by Crippen LogP contribution is 2.35. The number of ether oxygens (including phenoxy) is 2. The van der Waals surface area contributed by atoms with E-state index in [1.54, 1.807) is 18.2 Å². The molecule has 7 heteroatoms. The molecule has 0 heterocycles. The van der Waals surface area contributed by atoms with Gasteiger partial charge in [0.05, 0.1) is 6.61 Å². The summed E-state index contributed by atoms with van der Waals surface area (Å²) in [5.41, 5.74) is 4.02. The van der Waals surface area contributed by atoms with Crippen LogP contribution in [-0.4, -0.2) is 27.8 Å². The van der Waals surface area contributed by atoms with Gasteiger partial charge in [-0.05, 0) is 73.7 Å². The highest BCUT2D eigenvalue weighted by molar-refractivity contribution is 7.51. The maximum atomic E-state index is 10.9. The molecule has 25 heavy (non-hydrogen) atoms. The second kappa shape index (κ2) is 7.91. The normalized spacial score (nSPS) is 11.4. The second-order valence-corrected chi connectivity index (χ2v) is 7.47. The molecule has 6 nitrogen and oxygen atoms in total. The summed E-state index contributed by atoms with van der Waals surface area (Å²) in [5, 5.41) is 9.80. The summed E-state index contributed by atoms with van der Waals surface area (Å²) in [6.07, 6.45) is 0.0116. The monoisotopic (exact) mass is 366 g/mol. The summed E-state index contributed by atoms with van der Waals surface area (Å²) in [4.78, 5) is 17.8. The molecule has 2 rings (SSSR count). The number of rotatable bonds is 7. The first-order valence-corrected chi connectivity index (χ1v) is 9.71. The van der Waals surface area contributed by atoms with E-state index < -0.39 is 13.9 Å². The standard InChI is InChI=1S/C18H23O6P/c1-4-23-18-10-14(5-6-17(18)19)9-16-12(2)7-15(8-13(16)3)24-11-25(20,21)22/h5-8,10,19H,4,9,11H2,1-3H3,(H2,20,21,22). The topological polar surface area (TPSA) is 96.2 Å². The van der Waals surface area contributed by atoms with Gasteiger partial charge in [0.1, 0.15) is 5.75 Å². The first kappa shape index (κ1) is 19.3. The number of phenolic OH excluding ortho intramolecular Hbond substituents is 1. The van der Waals surface area contributed by atoms with E-state index in [1.807, 2.05) is 32.9 Å². The third-order valence-corrected chi connectivity index (χ3v) is 4.24.